The van der Waals surface area contributed by atoms with Crippen molar-refractivity contribution in [3.05, 3.63) is 54.1 Å². The van der Waals surface area contributed by atoms with Crippen molar-refractivity contribution < 1.29 is 9.84 Å². The fourth-order valence-electron chi connectivity index (χ4n) is 2.42. The average Bonchev–Trinajstić information content (AvgIpc) is 2.53. The first kappa shape index (κ1) is 13.9. The number of nitrogens with one attached hydrogen (secondary N) is 1. The van der Waals surface area contributed by atoms with Gasteiger partial charge in [-0.2, -0.15) is 0 Å². The minimum absolute atomic E-state index is 0.279. The minimum atomic E-state index is 0.279. The van der Waals surface area contributed by atoms with E-state index in [4.69, 9.17) is 4.74 Å². The number of aromatic hydroxyl groups is 1. The highest BCUT2D eigenvalue weighted by atomic mass is 16.5. The van der Waals surface area contributed by atoms with E-state index >= 15 is 0 Å². The summed E-state index contributed by atoms with van der Waals surface area (Å²) in [4.78, 5) is 2.41. The molecule has 2 N–H and O–H groups in total. The lowest BCUT2D eigenvalue weighted by Crippen LogP contribution is -2.35. The van der Waals surface area contributed by atoms with Crippen LogP contribution in [-0.4, -0.2) is 36.3 Å². The largest absolute Gasteiger partial charge is 0.508 e. The standard InChI is InChI=1S/C17H20N2O2/c20-17-7-5-16(6-8-17)18-15-3-1-14(2-4-15)13-19-9-11-21-12-10-19/h1-8,18,20H,9-13H2. The van der Waals surface area contributed by atoms with Crippen molar-refractivity contribution in [2.75, 3.05) is 31.6 Å². The molecule has 1 fully saturated rings. The Morgan fingerprint density at radius 1 is 0.905 bits per heavy atom. The number of benzene rings is 2. The van der Waals surface area contributed by atoms with E-state index in [0.717, 1.165) is 44.2 Å². The zero-order valence-corrected chi connectivity index (χ0v) is 12.0. The quantitative estimate of drug-likeness (QED) is 0.847. The normalized spacial score (nSPS) is 15.8. The Morgan fingerprint density at radius 3 is 2.10 bits per heavy atom. The molecule has 4 heteroatoms. The third-order valence-electron chi connectivity index (χ3n) is 3.62. The fraction of sp³-hybridized carbons (Fsp3) is 0.294. The van der Waals surface area contributed by atoms with Crippen LogP contribution in [0.2, 0.25) is 0 Å². The molecular formula is C17H20N2O2. The van der Waals surface area contributed by atoms with Crippen molar-refractivity contribution in [2.24, 2.45) is 0 Å². The second-order valence-electron chi connectivity index (χ2n) is 5.26. The molecule has 0 amide bonds. The maximum absolute atomic E-state index is 9.27. The van der Waals surface area contributed by atoms with Gasteiger partial charge >= 0.3 is 0 Å². The summed E-state index contributed by atoms with van der Waals surface area (Å²) in [7, 11) is 0. The summed E-state index contributed by atoms with van der Waals surface area (Å²) in [5.41, 5.74) is 3.33. The average molecular weight is 284 g/mol. The topological polar surface area (TPSA) is 44.7 Å². The molecule has 0 aliphatic carbocycles. The minimum Gasteiger partial charge on any atom is -0.508 e. The molecule has 0 bridgehead atoms. The maximum Gasteiger partial charge on any atom is 0.115 e. The third kappa shape index (κ3) is 3.97. The van der Waals surface area contributed by atoms with E-state index in [1.165, 1.54) is 5.56 Å². The lowest BCUT2D eigenvalue weighted by atomic mass is 10.2. The Bertz CT molecular complexity index is 560. The van der Waals surface area contributed by atoms with Crippen LogP contribution in [0.4, 0.5) is 11.4 Å². The first-order chi connectivity index (χ1) is 10.3. The predicted octanol–water partition coefficient (Wildman–Crippen LogP) is 2.97. The third-order valence-corrected chi connectivity index (χ3v) is 3.62. The van der Waals surface area contributed by atoms with Crippen LogP contribution >= 0.6 is 0 Å². The maximum atomic E-state index is 9.27. The van der Waals surface area contributed by atoms with Gasteiger partial charge in [-0.05, 0) is 42.0 Å². The summed E-state index contributed by atoms with van der Waals surface area (Å²) in [6, 6.07) is 15.5. The molecule has 0 saturated carbocycles. The van der Waals surface area contributed by atoms with Crippen LogP contribution in [0.25, 0.3) is 0 Å². The first-order valence-corrected chi connectivity index (χ1v) is 7.25. The lowest BCUT2D eigenvalue weighted by Gasteiger charge is -2.26. The van der Waals surface area contributed by atoms with Gasteiger partial charge < -0.3 is 15.2 Å². The molecule has 1 aliphatic rings. The van der Waals surface area contributed by atoms with Crippen molar-refractivity contribution in [1.29, 1.82) is 0 Å². The lowest BCUT2D eigenvalue weighted by molar-refractivity contribution is 0.0342. The Hall–Kier alpha value is -2.04. The molecule has 4 nitrogen and oxygen atoms in total. The second-order valence-corrected chi connectivity index (χ2v) is 5.26. The molecule has 2 aromatic rings. The summed E-state index contributed by atoms with van der Waals surface area (Å²) >= 11 is 0. The first-order valence-electron chi connectivity index (χ1n) is 7.25. The number of hydrogen-bond donors (Lipinski definition) is 2. The molecule has 3 rings (SSSR count). The van der Waals surface area contributed by atoms with Crippen LogP contribution < -0.4 is 5.32 Å². The SMILES string of the molecule is Oc1ccc(Nc2ccc(CN3CCOCC3)cc2)cc1. The van der Waals surface area contributed by atoms with E-state index in [1.54, 1.807) is 12.1 Å². The van der Waals surface area contributed by atoms with Gasteiger partial charge in [-0.15, -0.1) is 0 Å². The van der Waals surface area contributed by atoms with Crippen LogP contribution in [0.3, 0.4) is 0 Å². The molecule has 1 aliphatic heterocycles. The Balaban J connectivity index is 1.59. The van der Waals surface area contributed by atoms with E-state index in [0.29, 0.717) is 0 Å². The Kier molecular flexibility index (Phi) is 4.38. The molecule has 0 aromatic heterocycles. The number of anilines is 2. The van der Waals surface area contributed by atoms with E-state index in [9.17, 15) is 5.11 Å². The fourth-order valence-corrected chi connectivity index (χ4v) is 2.42. The van der Waals surface area contributed by atoms with Gasteiger partial charge in [0.1, 0.15) is 5.75 Å². The van der Waals surface area contributed by atoms with Gasteiger partial charge in [-0.25, -0.2) is 0 Å². The molecule has 0 radical (unpaired) electrons. The van der Waals surface area contributed by atoms with Gasteiger partial charge in [0.2, 0.25) is 0 Å². The smallest absolute Gasteiger partial charge is 0.115 e. The van der Waals surface area contributed by atoms with Crippen LogP contribution in [0.5, 0.6) is 5.75 Å². The monoisotopic (exact) mass is 284 g/mol. The van der Waals surface area contributed by atoms with E-state index in [2.05, 4.69) is 34.5 Å². The summed E-state index contributed by atoms with van der Waals surface area (Å²) in [5.74, 6) is 0.279. The summed E-state index contributed by atoms with van der Waals surface area (Å²) < 4.78 is 5.36. The molecular weight excluding hydrogens is 264 g/mol. The van der Waals surface area contributed by atoms with Crippen LogP contribution in [0.15, 0.2) is 48.5 Å². The molecule has 1 saturated heterocycles. The molecule has 0 spiro atoms. The number of morpholine rings is 1. The van der Waals surface area contributed by atoms with E-state index in [1.807, 2.05) is 12.1 Å². The van der Waals surface area contributed by atoms with E-state index < -0.39 is 0 Å². The van der Waals surface area contributed by atoms with Crippen LogP contribution in [0.1, 0.15) is 5.56 Å². The van der Waals surface area contributed by atoms with Crippen LogP contribution in [-0.2, 0) is 11.3 Å². The summed E-state index contributed by atoms with van der Waals surface area (Å²) in [5, 5.41) is 12.6. The number of hydrogen-bond acceptors (Lipinski definition) is 4. The molecule has 21 heavy (non-hydrogen) atoms. The summed E-state index contributed by atoms with van der Waals surface area (Å²) in [6.07, 6.45) is 0. The highest BCUT2D eigenvalue weighted by Crippen LogP contribution is 2.20. The van der Waals surface area contributed by atoms with Crippen molar-refractivity contribution in [3.63, 3.8) is 0 Å². The van der Waals surface area contributed by atoms with Gasteiger partial charge in [0.05, 0.1) is 13.2 Å². The molecule has 0 atom stereocenters. The van der Waals surface area contributed by atoms with Gasteiger partial charge in [-0.1, -0.05) is 12.1 Å². The predicted molar refractivity (Wildman–Crippen MR) is 83.9 cm³/mol. The highest BCUT2D eigenvalue weighted by Gasteiger charge is 2.10. The number of ether oxygens (including phenoxy) is 1. The van der Waals surface area contributed by atoms with Gasteiger partial charge in [0, 0.05) is 31.0 Å². The Labute approximate surface area is 125 Å². The highest BCUT2D eigenvalue weighted by molar-refractivity contribution is 5.60. The second kappa shape index (κ2) is 6.61. The molecule has 110 valence electrons. The zero-order valence-electron chi connectivity index (χ0n) is 12.0. The van der Waals surface area contributed by atoms with Crippen molar-refractivity contribution in [2.45, 2.75) is 6.54 Å². The van der Waals surface area contributed by atoms with Crippen molar-refractivity contribution in [1.82, 2.24) is 4.90 Å². The molecule has 2 aromatic carbocycles. The number of nitrogens with zero attached hydrogens (tertiary/aromatic N) is 1. The Morgan fingerprint density at radius 2 is 1.48 bits per heavy atom. The van der Waals surface area contributed by atoms with Crippen molar-refractivity contribution in [3.8, 4) is 5.75 Å². The van der Waals surface area contributed by atoms with Gasteiger partial charge in [0.25, 0.3) is 0 Å². The number of rotatable bonds is 4. The number of phenols is 1. The van der Waals surface area contributed by atoms with E-state index in [-0.39, 0.29) is 5.75 Å². The van der Waals surface area contributed by atoms with Gasteiger partial charge in [-0.3, -0.25) is 4.90 Å². The number of phenolic OH excluding ortho intramolecular Hbond substituents is 1. The zero-order chi connectivity index (χ0) is 14.5. The molecule has 1 heterocycles. The van der Waals surface area contributed by atoms with Gasteiger partial charge in [0.15, 0.2) is 0 Å². The van der Waals surface area contributed by atoms with Crippen LogP contribution in [0, 0.1) is 0 Å². The summed E-state index contributed by atoms with van der Waals surface area (Å²) in [6.45, 7) is 4.66. The molecule has 0 unspecified atom stereocenters. The van der Waals surface area contributed by atoms with Crippen molar-refractivity contribution >= 4 is 11.4 Å².